The molecule has 0 saturated carbocycles. The van der Waals surface area contributed by atoms with Gasteiger partial charge in [0.05, 0.1) is 16.5 Å². The van der Waals surface area contributed by atoms with Crippen LogP contribution in [0.5, 0.6) is 0 Å². The highest BCUT2D eigenvalue weighted by molar-refractivity contribution is 7.13. The molecule has 0 radical (unpaired) electrons. The van der Waals surface area contributed by atoms with E-state index >= 15 is 0 Å². The van der Waals surface area contributed by atoms with E-state index in [2.05, 4.69) is 21.5 Å². The first-order valence-corrected chi connectivity index (χ1v) is 9.47. The van der Waals surface area contributed by atoms with Gasteiger partial charge in [-0.1, -0.05) is 42.5 Å². The molecule has 2 heterocycles. The van der Waals surface area contributed by atoms with E-state index in [9.17, 15) is 10.1 Å². The summed E-state index contributed by atoms with van der Waals surface area (Å²) in [7, 11) is 0. The smallest absolute Gasteiger partial charge is 0.281 e. The second-order valence-electron chi connectivity index (χ2n) is 5.94. The van der Waals surface area contributed by atoms with Crippen molar-refractivity contribution < 1.29 is 4.79 Å². The molecule has 28 heavy (non-hydrogen) atoms. The number of benzene rings is 2. The van der Waals surface area contributed by atoms with Gasteiger partial charge in [0.25, 0.3) is 5.91 Å². The van der Waals surface area contributed by atoms with Gasteiger partial charge in [-0.3, -0.25) is 4.79 Å². The topological polar surface area (TPSA) is 83.6 Å². The summed E-state index contributed by atoms with van der Waals surface area (Å²) in [5, 5.41) is 18.8. The lowest BCUT2D eigenvalue weighted by molar-refractivity contribution is 0.0947. The normalized spacial score (nSPS) is 10.4. The lowest BCUT2D eigenvalue weighted by atomic mass is 10.1. The number of nitrogens with zero attached hydrogens (tertiary/aromatic N) is 4. The Morgan fingerprint density at radius 1 is 1.07 bits per heavy atom. The molecule has 7 heteroatoms. The van der Waals surface area contributed by atoms with Gasteiger partial charge in [0.2, 0.25) is 5.95 Å². The third-order valence-electron chi connectivity index (χ3n) is 4.14. The van der Waals surface area contributed by atoms with Crippen LogP contribution in [0.25, 0.3) is 10.7 Å². The first-order chi connectivity index (χ1) is 13.8. The molecule has 2 aromatic carbocycles. The van der Waals surface area contributed by atoms with Crippen molar-refractivity contribution in [1.29, 1.82) is 5.26 Å². The van der Waals surface area contributed by atoms with E-state index in [4.69, 9.17) is 0 Å². The minimum Gasteiger partial charge on any atom is -0.350 e. The van der Waals surface area contributed by atoms with Gasteiger partial charge in [0.15, 0.2) is 5.82 Å². The molecule has 0 atom stereocenters. The average molecular weight is 385 g/mol. The summed E-state index contributed by atoms with van der Waals surface area (Å²) in [6.45, 7) is 0.356. The number of carbonyl (C=O) groups is 1. The lowest BCUT2D eigenvalue weighted by Crippen LogP contribution is -2.17. The van der Waals surface area contributed by atoms with Crippen LogP contribution in [0.4, 0.5) is 5.95 Å². The number of aromatic nitrogens is 3. The van der Waals surface area contributed by atoms with Crippen LogP contribution in [0.1, 0.15) is 21.5 Å². The van der Waals surface area contributed by atoms with Gasteiger partial charge in [-0.05, 0) is 35.2 Å². The van der Waals surface area contributed by atoms with Crippen molar-refractivity contribution >= 4 is 23.2 Å². The van der Waals surface area contributed by atoms with Crippen molar-refractivity contribution in [1.82, 2.24) is 14.8 Å². The number of nitriles is 1. The molecule has 4 aromatic rings. The van der Waals surface area contributed by atoms with Crippen molar-refractivity contribution in [3.8, 4) is 16.8 Å². The predicted molar refractivity (Wildman–Crippen MR) is 108 cm³/mol. The maximum absolute atomic E-state index is 13.0. The Hall–Kier alpha value is -3.76. The van der Waals surface area contributed by atoms with Crippen molar-refractivity contribution in [3.63, 3.8) is 0 Å². The van der Waals surface area contributed by atoms with Crippen LogP contribution in [-0.4, -0.2) is 20.7 Å². The summed E-state index contributed by atoms with van der Waals surface area (Å²) in [6, 6.07) is 22.3. The zero-order chi connectivity index (χ0) is 19.3. The van der Waals surface area contributed by atoms with Gasteiger partial charge in [0.1, 0.15) is 0 Å². The van der Waals surface area contributed by atoms with Gasteiger partial charge in [-0.2, -0.15) is 14.9 Å². The largest absolute Gasteiger partial charge is 0.350 e. The monoisotopic (exact) mass is 385 g/mol. The summed E-state index contributed by atoms with van der Waals surface area (Å²) in [6.07, 6.45) is 0. The second-order valence-corrected chi connectivity index (χ2v) is 6.89. The number of nitrogens with one attached hydrogen (secondary N) is 1. The Balaban J connectivity index is 1.69. The standard InChI is InChI=1S/C21H15N5OS/c22-13-16-9-4-5-10-17(16)14-23-21-24-19(18-11-6-12-28-18)25-26(21)20(27)15-7-2-1-3-8-15/h1-12H,14H2,(H,23,24,25). The van der Waals surface area contributed by atoms with E-state index in [1.807, 2.05) is 41.8 Å². The number of carbonyl (C=O) groups excluding carboxylic acids is 1. The number of rotatable bonds is 5. The van der Waals surface area contributed by atoms with Gasteiger partial charge >= 0.3 is 0 Å². The molecule has 1 N–H and O–H groups in total. The molecule has 0 unspecified atom stereocenters. The minimum atomic E-state index is -0.271. The van der Waals surface area contributed by atoms with Crippen LogP contribution < -0.4 is 5.32 Å². The highest BCUT2D eigenvalue weighted by Gasteiger charge is 2.19. The van der Waals surface area contributed by atoms with Crippen LogP contribution in [-0.2, 0) is 6.54 Å². The molecular weight excluding hydrogens is 370 g/mol. The minimum absolute atomic E-state index is 0.271. The lowest BCUT2D eigenvalue weighted by Gasteiger charge is -2.08. The summed E-state index contributed by atoms with van der Waals surface area (Å²) in [5.41, 5.74) is 1.92. The number of hydrogen-bond donors (Lipinski definition) is 1. The van der Waals surface area contributed by atoms with Gasteiger partial charge in [0, 0.05) is 12.1 Å². The third kappa shape index (κ3) is 3.54. The van der Waals surface area contributed by atoms with Gasteiger partial charge in [-0.25, -0.2) is 0 Å². The van der Waals surface area contributed by atoms with Crippen LogP contribution in [0.3, 0.4) is 0 Å². The Bertz CT molecular complexity index is 1140. The zero-order valence-electron chi connectivity index (χ0n) is 14.7. The molecule has 2 aromatic heterocycles. The fourth-order valence-electron chi connectivity index (χ4n) is 2.74. The zero-order valence-corrected chi connectivity index (χ0v) is 15.6. The second kappa shape index (κ2) is 7.86. The molecule has 0 fully saturated rings. The quantitative estimate of drug-likeness (QED) is 0.557. The highest BCUT2D eigenvalue weighted by Crippen LogP contribution is 2.24. The van der Waals surface area contributed by atoms with E-state index in [0.717, 1.165) is 10.4 Å². The first kappa shape index (κ1) is 17.6. The van der Waals surface area contributed by atoms with Gasteiger partial charge in [-0.15, -0.1) is 16.4 Å². The van der Waals surface area contributed by atoms with Crippen molar-refractivity contribution in [2.24, 2.45) is 0 Å². The molecule has 0 aliphatic carbocycles. The molecular formula is C21H15N5OS. The predicted octanol–water partition coefficient (Wildman–Crippen LogP) is 4.18. The van der Waals surface area contributed by atoms with Crippen LogP contribution in [0.15, 0.2) is 72.1 Å². The van der Waals surface area contributed by atoms with Crippen LogP contribution in [0.2, 0.25) is 0 Å². The molecule has 0 spiro atoms. The maximum Gasteiger partial charge on any atom is 0.281 e. The molecule has 6 nitrogen and oxygen atoms in total. The molecule has 0 bridgehead atoms. The Morgan fingerprint density at radius 3 is 2.61 bits per heavy atom. The number of hydrogen-bond acceptors (Lipinski definition) is 6. The molecule has 0 aliphatic rings. The van der Waals surface area contributed by atoms with Crippen LogP contribution in [0, 0.1) is 11.3 Å². The Labute approximate surface area is 165 Å². The van der Waals surface area contributed by atoms with Gasteiger partial charge < -0.3 is 5.32 Å². The van der Waals surface area contributed by atoms with E-state index in [0.29, 0.717) is 29.4 Å². The van der Waals surface area contributed by atoms with Crippen molar-refractivity contribution in [2.45, 2.75) is 6.54 Å². The Kier molecular flexibility index (Phi) is 4.95. The number of thiophene rings is 1. The van der Waals surface area contributed by atoms with Crippen molar-refractivity contribution in [3.05, 3.63) is 88.8 Å². The van der Waals surface area contributed by atoms with Crippen molar-refractivity contribution in [2.75, 3.05) is 5.32 Å². The Morgan fingerprint density at radius 2 is 1.86 bits per heavy atom. The van der Waals surface area contributed by atoms with E-state index in [1.165, 1.54) is 16.0 Å². The summed E-state index contributed by atoms with van der Waals surface area (Å²) in [4.78, 5) is 18.3. The van der Waals surface area contributed by atoms with E-state index < -0.39 is 0 Å². The fraction of sp³-hybridized carbons (Fsp3) is 0.0476. The molecule has 0 aliphatic heterocycles. The highest BCUT2D eigenvalue weighted by atomic mass is 32.1. The molecule has 0 saturated heterocycles. The maximum atomic E-state index is 13.0. The first-order valence-electron chi connectivity index (χ1n) is 8.59. The fourth-order valence-corrected chi connectivity index (χ4v) is 3.39. The summed E-state index contributed by atoms with van der Waals surface area (Å²) < 4.78 is 1.28. The number of anilines is 1. The van der Waals surface area contributed by atoms with Crippen LogP contribution >= 0.6 is 11.3 Å². The molecule has 0 amide bonds. The van der Waals surface area contributed by atoms with E-state index in [-0.39, 0.29) is 5.91 Å². The third-order valence-corrected chi connectivity index (χ3v) is 5.00. The SMILES string of the molecule is N#Cc1ccccc1CNc1nc(-c2cccs2)nn1C(=O)c1ccccc1. The average Bonchev–Trinajstić information content (AvgIpc) is 3.42. The summed E-state index contributed by atoms with van der Waals surface area (Å²) in [5.74, 6) is 0.548. The summed E-state index contributed by atoms with van der Waals surface area (Å²) >= 11 is 1.51. The van der Waals surface area contributed by atoms with E-state index in [1.54, 1.807) is 30.3 Å². The molecule has 4 rings (SSSR count). The molecule has 136 valence electrons.